The molecule has 2 amide bonds. The Morgan fingerprint density at radius 3 is 1.71 bits per heavy atom. The van der Waals surface area contributed by atoms with Crippen LogP contribution in [0.3, 0.4) is 0 Å². The van der Waals surface area contributed by atoms with Gasteiger partial charge in [0.25, 0.3) is 11.8 Å². The molecule has 2 saturated heterocycles. The lowest BCUT2D eigenvalue weighted by atomic mass is 9.80. The smallest absolute Gasteiger partial charge is 0.266 e. The SMILES string of the molecule is CS(=O)(=O)NC(=O)c1cnc2cc(N3CCOCC3)nc(O[C@@H]3CC[C@H](n4ccnc4)CC3C3CC3S(=O)(=O)NC(=O)c3cnc4cc(N5CCOCC5)nc(OC5CCC(n6ccnc6)CC5)c4c3)c2c1. The molecule has 2 N–H and O–H groups in total. The second-order valence-electron chi connectivity index (χ2n) is 19.3. The molecule has 5 atom stereocenters. The van der Waals surface area contributed by atoms with Gasteiger partial charge in [0.05, 0.1) is 83.5 Å². The van der Waals surface area contributed by atoms with Gasteiger partial charge < -0.3 is 37.9 Å². The van der Waals surface area contributed by atoms with Crippen LogP contribution in [0.25, 0.3) is 21.8 Å². The molecule has 0 radical (unpaired) electrons. The number of carbonyl (C=O) groups is 2. The second-order valence-corrected chi connectivity index (χ2v) is 23.0. The number of rotatable bonds is 14. The topological polar surface area (TPSA) is 257 Å². The maximum Gasteiger partial charge on any atom is 0.266 e. The Morgan fingerprint density at radius 2 is 1.17 bits per heavy atom. The van der Waals surface area contributed by atoms with Crippen LogP contribution in [0.1, 0.15) is 84.2 Å². The number of nitrogens with one attached hydrogen (secondary N) is 2. The van der Waals surface area contributed by atoms with Crippen molar-refractivity contribution in [2.24, 2.45) is 11.8 Å². The summed E-state index contributed by atoms with van der Waals surface area (Å²) in [6, 6.07) is 7.08. The minimum Gasteiger partial charge on any atom is -0.474 e. The fourth-order valence-electron chi connectivity index (χ4n) is 10.7. The van der Waals surface area contributed by atoms with Gasteiger partial charge in [0, 0.05) is 93.5 Å². The third-order valence-electron chi connectivity index (χ3n) is 14.6. The predicted molar refractivity (Wildman–Crippen MR) is 263 cm³/mol. The largest absolute Gasteiger partial charge is 0.474 e. The molecular formula is C48H56N12O10S2. The van der Waals surface area contributed by atoms with E-state index in [9.17, 15) is 26.4 Å². The third kappa shape index (κ3) is 10.4. The van der Waals surface area contributed by atoms with E-state index in [0.717, 1.165) is 31.9 Å². The number of amides is 2. The fraction of sp³-hybridized carbons (Fsp3) is 0.500. The summed E-state index contributed by atoms with van der Waals surface area (Å²) >= 11 is 0. The third-order valence-corrected chi connectivity index (χ3v) is 16.9. The predicted octanol–water partition coefficient (Wildman–Crippen LogP) is 3.83. The molecule has 0 bridgehead atoms. The number of ether oxygens (including phenoxy) is 4. The number of sulfonamides is 2. The van der Waals surface area contributed by atoms with Gasteiger partial charge in [0.1, 0.15) is 23.8 Å². The lowest BCUT2D eigenvalue weighted by Gasteiger charge is -2.37. The molecule has 6 aromatic heterocycles. The molecule has 2 aliphatic heterocycles. The first-order valence-electron chi connectivity index (χ1n) is 24.4. The van der Waals surface area contributed by atoms with E-state index >= 15 is 0 Å². The van der Waals surface area contributed by atoms with Crippen molar-refractivity contribution in [3.63, 3.8) is 0 Å². The lowest BCUT2D eigenvalue weighted by Crippen LogP contribution is -2.39. The summed E-state index contributed by atoms with van der Waals surface area (Å²) in [7, 11) is -8.10. The van der Waals surface area contributed by atoms with Gasteiger partial charge in [0.2, 0.25) is 31.8 Å². The van der Waals surface area contributed by atoms with Crippen LogP contribution in [-0.4, -0.2) is 144 Å². The van der Waals surface area contributed by atoms with E-state index in [1.54, 1.807) is 30.9 Å². The quantitative estimate of drug-likeness (QED) is 0.157. The zero-order valence-corrected chi connectivity index (χ0v) is 41.3. The molecule has 8 heterocycles. The Bertz CT molecular complexity index is 3180. The summed E-state index contributed by atoms with van der Waals surface area (Å²) in [6.07, 6.45) is 19.3. The average molecular weight is 1030 g/mol. The van der Waals surface area contributed by atoms with Gasteiger partial charge in [-0.1, -0.05) is 0 Å². The molecule has 380 valence electrons. The normalized spacial score (nSPS) is 25.0. The first-order chi connectivity index (χ1) is 34.8. The molecule has 5 aliphatic rings. The molecule has 5 fully saturated rings. The van der Waals surface area contributed by atoms with E-state index in [4.69, 9.17) is 28.9 Å². The number of imidazole rings is 2. The van der Waals surface area contributed by atoms with Crippen molar-refractivity contribution in [3.05, 3.63) is 85.2 Å². The minimum atomic E-state index is -4.23. The number of fused-ring (bicyclic) bond motifs is 2. The van der Waals surface area contributed by atoms with Crippen LogP contribution in [0.5, 0.6) is 11.8 Å². The molecule has 11 rings (SSSR count). The number of anilines is 2. The molecule has 72 heavy (non-hydrogen) atoms. The number of carbonyl (C=O) groups excluding carboxylic acids is 2. The van der Waals surface area contributed by atoms with Crippen molar-refractivity contribution in [3.8, 4) is 11.8 Å². The van der Waals surface area contributed by atoms with Gasteiger partial charge in [-0.05, 0) is 69.4 Å². The first-order valence-corrected chi connectivity index (χ1v) is 27.9. The Balaban J connectivity index is 0.850. The molecular weight excluding hydrogens is 969 g/mol. The first kappa shape index (κ1) is 47.8. The molecule has 3 saturated carbocycles. The molecule has 0 aromatic carbocycles. The zero-order chi connectivity index (χ0) is 49.6. The van der Waals surface area contributed by atoms with E-state index in [-0.39, 0.29) is 41.5 Å². The highest BCUT2D eigenvalue weighted by atomic mass is 32.2. The minimum absolute atomic E-state index is 0.00239. The molecule has 3 unspecified atom stereocenters. The maximum atomic E-state index is 14.3. The van der Waals surface area contributed by atoms with Crippen LogP contribution < -0.4 is 28.7 Å². The number of nitrogens with zero attached hydrogens (tertiary/aromatic N) is 10. The average Bonchev–Trinajstić information content (AvgIpc) is 3.68. The van der Waals surface area contributed by atoms with Gasteiger partial charge in [-0.15, -0.1) is 0 Å². The van der Waals surface area contributed by atoms with E-state index in [1.165, 1.54) is 18.5 Å². The van der Waals surface area contributed by atoms with Gasteiger partial charge in [-0.2, -0.15) is 9.97 Å². The maximum absolute atomic E-state index is 14.3. The van der Waals surface area contributed by atoms with Crippen molar-refractivity contribution >= 4 is 65.3 Å². The second kappa shape index (κ2) is 19.8. The lowest BCUT2D eigenvalue weighted by molar-refractivity contribution is 0.0571. The number of pyridine rings is 4. The Hall–Kier alpha value is -6.50. The van der Waals surface area contributed by atoms with Crippen molar-refractivity contribution in [1.29, 1.82) is 0 Å². The van der Waals surface area contributed by atoms with E-state index in [1.807, 2.05) is 34.1 Å². The summed E-state index contributed by atoms with van der Waals surface area (Å²) in [6.45, 7) is 4.56. The summed E-state index contributed by atoms with van der Waals surface area (Å²) < 4.78 is 85.9. The molecule has 24 heteroatoms. The summed E-state index contributed by atoms with van der Waals surface area (Å²) in [5, 5.41) is -0.0131. The van der Waals surface area contributed by atoms with E-state index in [2.05, 4.69) is 39.0 Å². The molecule has 0 spiro atoms. The highest BCUT2D eigenvalue weighted by Crippen LogP contribution is 2.51. The highest BCUT2D eigenvalue weighted by molar-refractivity contribution is 7.91. The Morgan fingerprint density at radius 1 is 0.639 bits per heavy atom. The van der Waals surface area contributed by atoms with Crippen LogP contribution in [0.4, 0.5) is 11.6 Å². The van der Waals surface area contributed by atoms with Gasteiger partial charge in [-0.25, -0.2) is 36.2 Å². The molecule has 6 aromatic rings. The van der Waals surface area contributed by atoms with Crippen LogP contribution in [0.2, 0.25) is 0 Å². The van der Waals surface area contributed by atoms with Crippen molar-refractivity contribution in [1.82, 2.24) is 48.5 Å². The number of hydrogen-bond acceptors (Lipinski definition) is 18. The van der Waals surface area contributed by atoms with Crippen LogP contribution >= 0.6 is 0 Å². The Labute approximate surface area is 415 Å². The molecule has 22 nitrogen and oxygen atoms in total. The summed E-state index contributed by atoms with van der Waals surface area (Å²) in [5.74, 6) is -0.589. The number of aromatic nitrogens is 8. The Kier molecular flexibility index (Phi) is 13.2. The van der Waals surface area contributed by atoms with E-state index in [0.29, 0.717) is 117 Å². The standard InChI is InChI=1S/C48H56N12O10S2/c1-71(63,64)55-45(61)30-20-38-40(51-26-30)25-44(58-14-18-68-19-15-58)54-48(38)70-41-7-4-33(60-11-9-50-29-60)22-35(41)36-23-42(36)72(65,66)56-46(62)31-21-37-39(52-27-31)24-43(57-12-16-67-17-13-57)53-47(37)69-34-5-2-32(3-6-34)59-10-8-49-28-59/h8-11,20-21,24-29,32-36,41-42H,2-7,12-19,22-23H2,1H3,(H,55,61)(H,56,62)/t32?,33-,34?,35?,36?,41+,42?/m0/s1. The fourth-order valence-corrected chi connectivity index (χ4v) is 12.9. The van der Waals surface area contributed by atoms with E-state index < -0.39 is 49.1 Å². The van der Waals surface area contributed by atoms with Crippen molar-refractivity contribution in [2.75, 3.05) is 68.7 Å². The van der Waals surface area contributed by atoms with Gasteiger partial charge >= 0.3 is 0 Å². The number of hydrogen-bond donors (Lipinski definition) is 2. The summed E-state index contributed by atoms with van der Waals surface area (Å²) in [4.78, 5) is 58.9. The van der Waals surface area contributed by atoms with Crippen molar-refractivity contribution in [2.45, 2.75) is 80.9 Å². The van der Waals surface area contributed by atoms with Gasteiger partial charge in [-0.3, -0.25) is 19.6 Å². The van der Waals surface area contributed by atoms with Gasteiger partial charge in [0.15, 0.2) is 0 Å². The monoisotopic (exact) mass is 1020 g/mol. The van der Waals surface area contributed by atoms with Crippen LogP contribution in [0, 0.1) is 11.8 Å². The van der Waals surface area contributed by atoms with Crippen LogP contribution in [0.15, 0.2) is 74.1 Å². The summed E-state index contributed by atoms with van der Waals surface area (Å²) in [5.41, 5.74) is 1.08. The molecule has 3 aliphatic carbocycles. The van der Waals surface area contributed by atoms with Crippen LogP contribution in [-0.2, 0) is 29.5 Å². The van der Waals surface area contributed by atoms with Crippen molar-refractivity contribution < 1.29 is 45.4 Å². The number of morpholine rings is 2. The highest BCUT2D eigenvalue weighted by Gasteiger charge is 2.55. The zero-order valence-electron chi connectivity index (χ0n) is 39.7.